The van der Waals surface area contributed by atoms with Crippen LogP contribution in [0.2, 0.25) is 0 Å². The molecule has 2 unspecified atom stereocenters. The first-order valence-electron chi connectivity index (χ1n) is 15.8. The average Bonchev–Trinajstić information content (AvgIpc) is 3.28. The first kappa shape index (κ1) is 30.0. The second-order valence-electron chi connectivity index (χ2n) is 11.7. The number of fused-ring (bicyclic) bond motifs is 2. The molecule has 2 fully saturated rings. The summed E-state index contributed by atoms with van der Waals surface area (Å²) in [7, 11) is 0. The Labute approximate surface area is 273 Å². The number of rotatable bonds is 7. The van der Waals surface area contributed by atoms with Gasteiger partial charge in [0.25, 0.3) is 5.91 Å². The van der Waals surface area contributed by atoms with Crippen LogP contribution in [0.5, 0.6) is 5.75 Å². The van der Waals surface area contributed by atoms with Crippen molar-refractivity contribution in [2.75, 3.05) is 18.0 Å². The number of nitrogens with zero attached hydrogens (tertiary/aromatic N) is 3. The number of carbonyl (C=O) groups excluding carboxylic acids is 3. The molecule has 5 aromatic rings. The predicted molar refractivity (Wildman–Crippen MR) is 180 cm³/mol. The maximum Gasteiger partial charge on any atom is 0.319 e. The van der Waals surface area contributed by atoms with E-state index in [0.29, 0.717) is 30.2 Å². The maximum atomic E-state index is 14.6. The second-order valence-corrected chi connectivity index (χ2v) is 11.7. The molecular formula is C38H35N5O4. The van der Waals surface area contributed by atoms with E-state index in [4.69, 9.17) is 4.74 Å². The molecule has 0 saturated carbocycles. The topological polar surface area (TPSA) is 94.2 Å². The molecule has 4 amide bonds. The standard InChI is InChI=1S/C38H35N5O4/c44-35-22-23-41(38(46)39-24-27-10-3-1-4-11-27)34-25-42(33-17-9-15-29-14-7-8-16-32(29)33)37(45)36(40-43(34)35)30-18-20-31(21-19-30)47-26-28-12-5-2-6-13-28/h1-21,34,36,40H,22-26H2,(H,39,46). The van der Waals surface area contributed by atoms with Crippen LogP contribution in [0.4, 0.5) is 10.5 Å². The summed E-state index contributed by atoms with van der Waals surface area (Å²) in [5.41, 5.74) is 6.65. The molecule has 5 aromatic carbocycles. The summed E-state index contributed by atoms with van der Waals surface area (Å²) >= 11 is 0. The number of hydrogen-bond donors (Lipinski definition) is 2. The number of benzene rings is 5. The highest BCUT2D eigenvalue weighted by molar-refractivity contribution is 6.06. The van der Waals surface area contributed by atoms with Crippen LogP contribution in [0, 0.1) is 0 Å². The van der Waals surface area contributed by atoms with Crippen LogP contribution in [0.15, 0.2) is 127 Å². The summed E-state index contributed by atoms with van der Waals surface area (Å²) in [5.74, 6) is 0.256. The van der Waals surface area contributed by atoms with Gasteiger partial charge in [0.15, 0.2) is 0 Å². The number of ether oxygens (including phenoxy) is 1. The monoisotopic (exact) mass is 625 g/mol. The summed E-state index contributed by atoms with van der Waals surface area (Å²) in [6, 6.07) is 39.5. The number of hydrogen-bond acceptors (Lipinski definition) is 5. The third kappa shape index (κ3) is 6.39. The van der Waals surface area contributed by atoms with Gasteiger partial charge < -0.3 is 19.9 Å². The van der Waals surface area contributed by atoms with E-state index >= 15 is 0 Å². The molecule has 0 aromatic heterocycles. The van der Waals surface area contributed by atoms with E-state index in [1.165, 1.54) is 5.01 Å². The highest BCUT2D eigenvalue weighted by Crippen LogP contribution is 2.33. The lowest BCUT2D eigenvalue weighted by Crippen LogP contribution is -2.65. The average molecular weight is 626 g/mol. The third-order valence-corrected chi connectivity index (χ3v) is 8.69. The Balaban J connectivity index is 1.21. The Bertz CT molecular complexity index is 1880. The number of nitrogens with one attached hydrogen (secondary N) is 2. The van der Waals surface area contributed by atoms with Crippen LogP contribution < -0.4 is 20.4 Å². The molecule has 2 aliphatic rings. The van der Waals surface area contributed by atoms with Crippen molar-refractivity contribution in [3.63, 3.8) is 0 Å². The van der Waals surface area contributed by atoms with E-state index < -0.39 is 12.2 Å². The summed E-state index contributed by atoms with van der Waals surface area (Å²) in [5, 5.41) is 6.37. The molecule has 2 heterocycles. The second kappa shape index (κ2) is 13.4. The van der Waals surface area contributed by atoms with Gasteiger partial charge in [0.05, 0.1) is 12.2 Å². The van der Waals surface area contributed by atoms with Gasteiger partial charge in [-0.1, -0.05) is 109 Å². The molecule has 9 nitrogen and oxygen atoms in total. The third-order valence-electron chi connectivity index (χ3n) is 8.69. The number of urea groups is 1. The molecule has 236 valence electrons. The Morgan fingerprint density at radius 1 is 0.787 bits per heavy atom. The van der Waals surface area contributed by atoms with Crippen molar-refractivity contribution < 1.29 is 19.1 Å². The lowest BCUT2D eigenvalue weighted by molar-refractivity contribution is -0.147. The van der Waals surface area contributed by atoms with E-state index in [-0.39, 0.29) is 37.4 Å². The Hall–Kier alpha value is -5.67. The van der Waals surface area contributed by atoms with Crippen molar-refractivity contribution in [1.82, 2.24) is 20.7 Å². The smallest absolute Gasteiger partial charge is 0.319 e. The molecule has 2 saturated heterocycles. The van der Waals surface area contributed by atoms with Crippen molar-refractivity contribution in [2.45, 2.75) is 31.8 Å². The SMILES string of the molecule is O=C1C(c2ccc(OCc3ccccc3)cc2)NN2C(=O)CCN(C(=O)NCc3ccccc3)C2CN1c1cccc2ccccc12. The van der Waals surface area contributed by atoms with Crippen LogP contribution in [0.3, 0.4) is 0 Å². The normalized spacial score (nSPS) is 18.1. The predicted octanol–water partition coefficient (Wildman–Crippen LogP) is 5.78. The first-order chi connectivity index (χ1) is 23.0. The lowest BCUT2D eigenvalue weighted by atomic mass is 10.0. The molecule has 0 aliphatic carbocycles. The van der Waals surface area contributed by atoms with E-state index in [2.05, 4.69) is 10.7 Å². The summed E-state index contributed by atoms with van der Waals surface area (Å²) in [6.07, 6.45) is -0.614. The van der Waals surface area contributed by atoms with Crippen molar-refractivity contribution in [3.8, 4) is 5.75 Å². The highest BCUT2D eigenvalue weighted by Gasteiger charge is 2.45. The van der Waals surface area contributed by atoms with Crippen molar-refractivity contribution >= 4 is 34.3 Å². The highest BCUT2D eigenvalue weighted by atomic mass is 16.5. The molecule has 2 N–H and O–H groups in total. The zero-order chi connectivity index (χ0) is 32.2. The van der Waals surface area contributed by atoms with Crippen LogP contribution in [0.25, 0.3) is 10.8 Å². The maximum absolute atomic E-state index is 14.6. The van der Waals surface area contributed by atoms with E-state index in [9.17, 15) is 14.4 Å². The Kier molecular flexibility index (Phi) is 8.53. The molecule has 0 bridgehead atoms. The fourth-order valence-electron chi connectivity index (χ4n) is 6.22. The minimum absolute atomic E-state index is 0.0963. The summed E-state index contributed by atoms with van der Waals surface area (Å²) in [6.45, 7) is 1.09. The fourth-order valence-corrected chi connectivity index (χ4v) is 6.22. The van der Waals surface area contributed by atoms with Crippen LogP contribution >= 0.6 is 0 Å². The number of anilines is 1. The largest absolute Gasteiger partial charge is 0.489 e. The van der Waals surface area contributed by atoms with Gasteiger partial charge in [-0.15, -0.1) is 0 Å². The van der Waals surface area contributed by atoms with Gasteiger partial charge >= 0.3 is 6.03 Å². The van der Waals surface area contributed by atoms with Gasteiger partial charge in [-0.25, -0.2) is 10.2 Å². The van der Waals surface area contributed by atoms with Crippen molar-refractivity contribution in [2.24, 2.45) is 0 Å². The zero-order valence-corrected chi connectivity index (χ0v) is 25.8. The van der Waals surface area contributed by atoms with Gasteiger partial charge in [-0.3, -0.25) is 14.6 Å². The van der Waals surface area contributed by atoms with Gasteiger partial charge in [0.2, 0.25) is 5.91 Å². The molecule has 0 spiro atoms. The molecule has 2 aliphatic heterocycles. The van der Waals surface area contributed by atoms with Gasteiger partial charge in [-0.05, 0) is 40.3 Å². The molecule has 9 heteroatoms. The molecule has 47 heavy (non-hydrogen) atoms. The Morgan fingerprint density at radius 2 is 1.47 bits per heavy atom. The van der Waals surface area contributed by atoms with Crippen LogP contribution in [-0.4, -0.2) is 47.0 Å². The van der Waals surface area contributed by atoms with Gasteiger partial charge in [0, 0.05) is 24.9 Å². The Morgan fingerprint density at radius 3 is 2.23 bits per heavy atom. The molecule has 7 rings (SSSR count). The molecule has 0 radical (unpaired) electrons. The van der Waals surface area contributed by atoms with Gasteiger partial charge in [0.1, 0.15) is 24.6 Å². The van der Waals surface area contributed by atoms with E-state index in [1.807, 2.05) is 127 Å². The minimum Gasteiger partial charge on any atom is -0.489 e. The summed E-state index contributed by atoms with van der Waals surface area (Å²) in [4.78, 5) is 45.1. The zero-order valence-electron chi connectivity index (χ0n) is 25.8. The number of carbonyl (C=O) groups is 3. The number of amides is 4. The van der Waals surface area contributed by atoms with Crippen LogP contribution in [-0.2, 0) is 22.7 Å². The summed E-state index contributed by atoms with van der Waals surface area (Å²) < 4.78 is 5.99. The lowest BCUT2D eigenvalue weighted by Gasteiger charge is -2.43. The van der Waals surface area contributed by atoms with E-state index in [0.717, 1.165) is 21.9 Å². The molecule has 2 atom stereocenters. The van der Waals surface area contributed by atoms with E-state index in [1.54, 1.807) is 9.80 Å². The fraction of sp³-hybridized carbons (Fsp3) is 0.184. The quantitative estimate of drug-likeness (QED) is 0.239. The van der Waals surface area contributed by atoms with Crippen LogP contribution in [0.1, 0.15) is 29.2 Å². The first-order valence-corrected chi connectivity index (χ1v) is 15.8. The minimum atomic E-state index is -0.890. The van der Waals surface area contributed by atoms with Crippen molar-refractivity contribution in [3.05, 3.63) is 144 Å². The van der Waals surface area contributed by atoms with Crippen molar-refractivity contribution in [1.29, 1.82) is 0 Å². The number of hydrazine groups is 1. The molecular weight excluding hydrogens is 590 g/mol. The van der Waals surface area contributed by atoms with Gasteiger partial charge in [-0.2, -0.15) is 0 Å².